The zero-order valence-corrected chi connectivity index (χ0v) is 16.7. The Bertz CT molecular complexity index is 911. The Kier molecular flexibility index (Phi) is 6.31. The van der Waals surface area contributed by atoms with Crippen molar-refractivity contribution in [2.45, 2.75) is 0 Å². The van der Waals surface area contributed by atoms with Gasteiger partial charge in [0.05, 0.1) is 0 Å². The van der Waals surface area contributed by atoms with E-state index in [0.29, 0.717) is 5.56 Å². The first-order chi connectivity index (χ1) is 11.7. The van der Waals surface area contributed by atoms with Gasteiger partial charge in [-0.15, -0.1) is 0 Å². The molecule has 2 aromatic rings. The molecule has 0 amide bonds. The van der Waals surface area contributed by atoms with Crippen molar-refractivity contribution in [3.63, 3.8) is 0 Å². The molecule has 0 spiro atoms. The maximum atomic E-state index is 12.6. The van der Waals surface area contributed by atoms with Crippen molar-refractivity contribution in [2.75, 3.05) is 14.1 Å². The number of hydrogen-bond acceptors (Lipinski definition) is 6. The fourth-order valence-corrected chi connectivity index (χ4v) is 2.64. The van der Waals surface area contributed by atoms with E-state index in [1.807, 2.05) is 12.1 Å². The Labute approximate surface area is 162 Å². The Morgan fingerprint density at radius 1 is 1.16 bits per heavy atom. The van der Waals surface area contributed by atoms with Gasteiger partial charge in [0, 0.05) is 14.1 Å². The fraction of sp³-hybridized carbons (Fsp3) is 0.133. The first kappa shape index (κ1) is 19.5. The van der Waals surface area contributed by atoms with E-state index in [1.165, 1.54) is 23.2 Å². The van der Waals surface area contributed by atoms with Gasteiger partial charge in [-0.1, -0.05) is 0 Å². The van der Waals surface area contributed by atoms with Gasteiger partial charge in [0.15, 0.2) is 0 Å². The van der Waals surface area contributed by atoms with Crippen molar-refractivity contribution in [1.82, 2.24) is 5.01 Å². The van der Waals surface area contributed by atoms with Crippen molar-refractivity contribution >= 4 is 52.6 Å². The molecule has 0 aromatic heterocycles. The topological polar surface area (TPSA) is 109 Å². The molecule has 0 aliphatic heterocycles. The van der Waals surface area contributed by atoms with Gasteiger partial charge < -0.3 is 0 Å². The van der Waals surface area contributed by atoms with Crippen LogP contribution >= 0.6 is 0 Å². The summed E-state index contributed by atoms with van der Waals surface area (Å²) in [6, 6.07) is 11.0. The van der Waals surface area contributed by atoms with E-state index in [-0.39, 0.29) is 17.0 Å². The molecule has 8 nitrogen and oxygen atoms in total. The molecule has 2 aromatic carbocycles. The Balaban J connectivity index is 2.48. The molecule has 0 saturated carbocycles. The van der Waals surface area contributed by atoms with Gasteiger partial charge in [-0.05, 0) is 0 Å². The fourth-order valence-electron chi connectivity index (χ4n) is 1.94. The minimum absolute atomic E-state index is 0.0115. The molecule has 0 aliphatic carbocycles. The van der Waals surface area contributed by atoms with Crippen LogP contribution in [0.1, 0.15) is 15.9 Å². The van der Waals surface area contributed by atoms with Crippen LogP contribution < -0.4 is 7.00 Å². The van der Waals surface area contributed by atoms with Gasteiger partial charge in [0.25, 0.3) is 0 Å². The van der Waals surface area contributed by atoms with E-state index in [2.05, 4.69) is 14.5 Å². The zero-order valence-electron chi connectivity index (χ0n) is 13.9. The number of carbonyl (C=O) groups is 1. The zero-order chi connectivity index (χ0) is 18.6. The van der Waals surface area contributed by atoms with Crippen LogP contribution in [0.2, 0.25) is 0 Å². The van der Waals surface area contributed by atoms with Gasteiger partial charge in [-0.25, -0.2) is 0 Å². The van der Waals surface area contributed by atoms with Crippen LogP contribution in [0.3, 0.4) is 0 Å². The van der Waals surface area contributed by atoms with Gasteiger partial charge in [0.2, 0.25) is 0 Å². The third-order valence-electron chi connectivity index (χ3n) is 3.06. The molecule has 0 unspecified atom stereocenters. The van der Waals surface area contributed by atoms with E-state index in [9.17, 15) is 13.2 Å². The van der Waals surface area contributed by atoms with E-state index < -0.39 is 16.2 Å². The Morgan fingerprint density at radius 3 is 2.36 bits per heavy atom. The van der Waals surface area contributed by atoms with Crippen LogP contribution in [-0.4, -0.2) is 65.8 Å². The molecule has 0 fully saturated rings. The van der Waals surface area contributed by atoms with Crippen LogP contribution in [0.5, 0.6) is 5.75 Å². The van der Waals surface area contributed by atoms with Gasteiger partial charge in [-0.3, -0.25) is 0 Å². The summed E-state index contributed by atoms with van der Waals surface area (Å²) in [5, 5.41) is 9.10. The van der Waals surface area contributed by atoms with E-state index in [4.69, 9.17) is 4.55 Å². The molecular weight excluding hydrogens is 357 g/mol. The summed E-state index contributed by atoms with van der Waals surface area (Å²) in [5.74, 6) is -0.755. The van der Waals surface area contributed by atoms with Crippen molar-refractivity contribution in [2.24, 2.45) is 10.3 Å². The standard InChI is InChI=1S/C15H14N3O5S.Na/c1-18(2)17-16-12-8-9-13(14(10-12)23-24(20,21)22)15(19)11-6-4-3-5-7-11;/h4-10H,1-2H3,(H,20,21,22);. The predicted octanol–water partition coefficient (Wildman–Crippen LogP) is 1.45. The molecule has 2 rings (SSSR count). The second-order valence-corrected chi connectivity index (χ2v) is 7.60. The third kappa shape index (κ3) is 5.91. The number of hydrogen-bond donors (Lipinski definition) is 1. The number of nitrogens with zero attached hydrogens (tertiary/aromatic N) is 3. The molecule has 10 heteroatoms. The van der Waals surface area contributed by atoms with Crippen LogP contribution in [0.4, 0.5) is 5.69 Å². The molecule has 25 heavy (non-hydrogen) atoms. The molecule has 0 aliphatic rings. The Hall–Kier alpha value is -1.78. The van der Waals surface area contributed by atoms with Crippen molar-refractivity contribution in [3.05, 3.63) is 53.6 Å². The summed E-state index contributed by atoms with van der Waals surface area (Å²) < 4.78 is 36.8. The normalized spacial score (nSPS) is 11.6. The summed E-state index contributed by atoms with van der Waals surface area (Å²) in [7, 11) is -1.47. The Morgan fingerprint density at radius 2 is 1.80 bits per heavy atom. The minimum atomic E-state index is -4.80. The number of carbonyl (C=O) groups excluding carboxylic acids is 1. The number of ketones is 1. The molecule has 0 saturated heterocycles. The molecule has 0 radical (unpaired) electrons. The van der Waals surface area contributed by atoms with Crippen molar-refractivity contribution < 1.29 is 21.9 Å². The van der Waals surface area contributed by atoms with Crippen molar-refractivity contribution in [1.29, 1.82) is 0 Å². The molecular formula is C15H14N3NaO5S. The first-order valence-electron chi connectivity index (χ1n) is 7.17. The second kappa shape index (κ2) is 8.07. The molecule has 0 bridgehead atoms. The van der Waals surface area contributed by atoms with E-state index >= 15 is 0 Å². The SMILES string of the molecule is CN(C)N=Nc1ccc(C(=O)c2cc[c]([Na])cc2)c(OS(=O)(=O)O)c1. The maximum absolute atomic E-state index is 12.6. The van der Waals surface area contributed by atoms with Gasteiger partial charge in [0.1, 0.15) is 0 Å². The summed E-state index contributed by atoms with van der Waals surface area (Å²) in [5.41, 5.74) is 0.629. The molecule has 126 valence electrons. The van der Waals surface area contributed by atoms with E-state index in [1.54, 1.807) is 26.2 Å². The first-order valence-corrected chi connectivity index (χ1v) is 9.53. The monoisotopic (exact) mass is 371 g/mol. The summed E-state index contributed by atoms with van der Waals surface area (Å²) in [6.07, 6.45) is 0. The summed E-state index contributed by atoms with van der Waals surface area (Å²) >= 11 is 0.853. The van der Waals surface area contributed by atoms with Crippen LogP contribution in [0.25, 0.3) is 0 Å². The molecule has 0 atom stereocenters. The van der Waals surface area contributed by atoms with E-state index in [0.717, 1.165) is 30.7 Å². The molecule has 1 N–H and O–H groups in total. The summed E-state index contributed by atoms with van der Waals surface area (Å²) in [4.78, 5) is 12.6. The van der Waals surface area contributed by atoms with Crippen LogP contribution in [0, 0.1) is 0 Å². The average Bonchev–Trinajstić information content (AvgIpc) is 2.51. The quantitative estimate of drug-likeness (QED) is 0.271. The van der Waals surface area contributed by atoms with Crippen molar-refractivity contribution in [3.8, 4) is 5.75 Å². The predicted molar refractivity (Wildman–Crippen MR) is 92.1 cm³/mol. The molecule has 0 heterocycles. The third-order valence-corrected chi connectivity index (χ3v) is 4.11. The number of benzene rings is 2. The van der Waals surface area contributed by atoms with Crippen LogP contribution in [-0.2, 0) is 10.4 Å². The number of rotatable bonds is 6. The van der Waals surface area contributed by atoms with Gasteiger partial charge in [-0.2, -0.15) is 0 Å². The average molecular weight is 371 g/mol. The van der Waals surface area contributed by atoms with Gasteiger partial charge >= 0.3 is 149 Å². The van der Waals surface area contributed by atoms with Crippen LogP contribution in [0.15, 0.2) is 52.8 Å². The summed E-state index contributed by atoms with van der Waals surface area (Å²) in [6.45, 7) is 0. The second-order valence-electron chi connectivity index (χ2n) is 5.42.